The molecule has 2 aromatic rings. The molecule has 4 nitrogen and oxygen atoms in total. The minimum Gasteiger partial charge on any atom is -0.397 e. The Labute approximate surface area is 110 Å². The monoisotopic (exact) mass is 259 g/mol. The van der Waals surface area contributed by atoms with E-state index in [0.29, 0.717) is 29.8 Å². The SMILES string of the molecule is Nc1cncc(C(=O)NCCc2ccccc2F)c1. The summed E-state index contributed by atoms with van der Waals surface area (Å²) >= 11 is 0. The van der Waals surface area contributed by atoms with Crippen LogP contribution >= 0.6 is 0 Å². The molecule has 0 saturated heterocycles. The first kappa shape index (κ1) is 13.0. The van der Waals surface area contributed by atoms with E-state index in [1.807, 2.05) is 0 Å². The van der Waals surface area contributed by atoms with Gasteiger partial charge in [0.25, 0.3) is 5.91 Å². The van der Waals surface area contributed by atoms with Crippen molar-refractivity contribution in [2.45, 2.75) is 6.42 Å². The van der Waals surface area contributed by atoms with Crippen molar-refractivity contribution in [3.63, 3.8) is 0 Å². The molecule has 0 aliphatic heterocycles. The van der Waals surface area contributed by atoms with Crippen LogP contribution in [0.3, 0.4) is 0 Å². The van der Waals surface area contributed by atoms with E-state index in [2.05, 4.69) is 10.3 Å². The normalized spacial score (nSPS) is 10.2. The molecular formula is C14H14FN3O. The van der Waals surface area contributed by atoms with Gasteiger partial charge in [-0.25, -0.2) is 4.39 Å². The average Bonchev–Trinajstić information content (AvgIpc) is 2.41. The highest BCUT2D eigenvalue weighted by atomic mass is 19.1. The van der Waals surface area contributed by atoms with Crippen LogP contribution in [-0.2, 0) is 6.42 Å². The highest BCUT2D eigenvalue weighted by Crippen LogP contribution is 2.07. The van der Waals surface area contributed by atoms with Gasteiger partial charge in [-0.1, -0.05) is 18.2 Å². The van der Waals surface area contributed by atoms with Crippen LogP contribution in [0.4, 0.5) is 10.1 Å². The molecule has 1 heterocycles. The number of carbonyl (C=O) groups excluding carboxylic acids is 1. The Bertz CT molecular complexity index is 586. The summed E-state index contributed by atoms with van der Waals surface area (Å²) in [4.78, 5) is 15.6. The van der Waals surface area contributed by atoms with Crippen LogP contribution in [0.2, 0.25) is 0 Å². The van der Waals surface area contributed by atoms with Gasteiger partial charge in [-0.15, -0.1) is 0 Å². The highest BCUT2D eigenvalue weighted by molar-refractivity contribution is 5.94. The number of nitrogen functional groups attached to an aromatic ring is 1. The average molecular weight is 259 g/mol. The van der Waals surface area contributed by atoms with Gasteiger partial charge in [0, 0.05) is 18.9 Å². The number of aromatic nitrogens is 1. The van der Waals surface area contributed by atoms with Gasteiger partial charge in [-0.05, 0) is 24.1 Å². The fraction of sp³-hybridized carbons (Fsp3) is 0.143. The van der Waals surface area contributed by atoms with Gasteiger partial charge in [0.2, 0.25) is 0 Å². The lowest BCUT2D eigenvalue weighted by Gasteiger charge is -2.06. The zero-order chi connectivity index (χ0) is 13.7. The molecule has 19 heavy (non-hydrogen) atoms. The van der Waals surface area contributed by atoms with Crippen molar-refractivity contribution in [2.24, 2.45) is 0 Å². The predicted molar refractivity (Wildman–Crippen MR) is 71.1 cm³/mol. The summed E-state index contributed by atoms with van der Waals surface area (Å²) in [6.07, 6.45) is 3.35. The van der Waals surface area contributed by atoms with E-state index >= 15 is 0 Å². The number of nitrogens with zero attached hydrogens (tertiary/aromatic N) is 1. The summed E-state index contributed by atoms with van der Waals surface area (Å²) in [6.45, 7) is 0.356. The zero-order valence-corrected chi connectivity index (χ0v) is 10.3. The van der Waals surface area contributed by atoms with Crippen LogP contribution in [-0.4, -0.2) is 17.4 Å². The summed E-state index contributed by atoms with van der Waals surface area (Å²) in [7, 11) is 0. The lowest BCUT2D eigenvalue weighted by atomic mass is 10.1. The Balaban J connectivity index is 1.90. The Kier molecular flexibility index (Phi) is 4.07. The van der Waals surface area contributed by atoms with E-state index < -0.39 is 0 Å². The standard InChI is InChI=1S/C14H14FN3O/c15-13-4-2-1-3-10(13)5-6-18-14(19)11-7-12(16)9-17-8-11/h1-4,7-9H,5-6,16H2,(H,18,19). The second-order valence-corrected chi connectivity index (χ2v) is 4.10. The van der Waals surface area contributed by atoms with Crippen molar-refractivity contribution in [1.29, 1.82) is 0 Å². The maximum Gasteiger partial charge on any atom is 0.252 e. The topological polar surface area (TPSA) is 68.0 Å². The van der Waals surface area contributed by atoms with Gasteiger partial charge < -0.3 is 11.1 Å². The molecule has 1 amide bonds. The summed E-state index contributed by atoms with van der Waals surface area (Å²) in [5, 5.41) is 2.70. The molecular weight excluding hydrogens is 245 g/mol. The number of halogens is 1. The number of nitrogens with two attached hydrogens (primary N) is 1. The quantitative estimate of drug-likeness (QED) is 0.879. The molecule has 0 aliphatic rings. The lowest BCUT2D eigenvalue weighted by Crippen LogP contribution is -2.26. The van der Waals surface area contributed by atoms with Gasteiger partial charge in [0.1, 0.15) is 5.82 Å². The van der Waals surface area contributed by atoms with Crippen molar-refractivity contribution in [3.05, 3.63) is 59.7 Å². The predicted octanol–water partition coefficient (Wildman–Crippen LogP) is 1.78. The molecule has 0 radical (unpaired) electrons. The van der Waals surface area contributed by atoms with E-state index in [1.165, 1.54) is 18.5 Å². The summed E-state index contributed by atoms with van der Waals surface area (Å²) in [5.41, 5.74) is 6.95. The van der Waals surface area contributed by atoms with Crippen molar-refractivity contribution in [1.82, 2.24) is 10.3 Å². The molecule has 0 aliphatic carbocycles. The van der Waals surface area contributed by atoms with Gasteiger partial charge >= 0.3 is 0 Å². The minimum absolute atomic E-state index is 0.262. The van der Waals surface area contributed by atoms with Crippen LogP contribution < -0.4 is 11.1 Å². The Morgan fingerprint density at radius 3 is 2.84 bits per heavy atom. The summed E-state index contributed by atoms with van der Waals surface area (Å²) in [5.74, 6) is -0.529. The number of hydrogen-bond acceptors (Lipinski definition) is 3. The van der Waals surface area contributed by atoms with E-state index in [4.69, 9.17) is 5.73 Å². The first-order valence-electron chi connectivity index (χ1n) is 5.89. The first-order chi connectivity index (χ1) is 9.16. The molecule has 1 aromatic heterocycles. The van der Waals surface area contributed by atoms with E-state index in [1.54, 1.807) is 24.3 Å². The van der Waals surface area contributed by atoms with Crippen LogP contribution in [0, 0.1) is 5.82 Å². The molecule has 2 rings (SSSR count). The molecule has 5 heteroatoms. The minimum atomic E-state index is -0.267. The number of amides is 1. The Morgan fingerprint density at radius 2 is 2.11 bits per heavy atom. The molecule has 0 fully saturated rings. The molecule has 0 saturated carbocycles. The number of hydrogen-bond donors (Lipinski definition) is 2. The van der Waals surface area contributed by atoms with Gasteiger partial charge in [-0.3, -0.25) is 9.78 Å². The number of benzene rings is 1. The smallest absolute Gasteiger partial charge is 0.252 e. The Morgan fingerprint density at radius 1 is 1.32 bits per heavy atom. The van der Waals surface area contributed by atoms with Gasteiger partial charge in [0.15, 0.2) is 0 Å². The van der Waals surface area contributed by atoms with Crippen molar-refractivity contribution < 1.29 is 9.18 Å². The van der Waals surface area contributed by atoms with Crippen LogP contribution in [0.1, 0.15) is 15.9 Å². The lowest BCUT2D eigenvalue weighted by molar-refractivity contribution is 0.0953. The van der Waals surface area contributed by atoms with Crippen LogP contribution in [0.5, 0.6) is 0 Å². The fourth-order valence-corrected chi connectivity index (χ4v) is 1.70. The third-order valence-corrected chi connectivity index (χ3v) is 2.66. The molecule has 98 valence electrons. The first-order valence-corrected chi connectivity index (χ1v) is 5.89. The van der Waals surface area contributed by atoms with Crippen molar-refractivity contribution >= 4 is 11.6 Å². The second kappa shape index (κ2) is 5.95. The molecule has 0 unspecified atom stereocenters. The molecule has 1 aromatic carbocycles. The van der Waals surface area contributed by atoms with Gasteiger partial charge in [-0.2, -0.15) is 0 Å². The van der Waals surface area contributed by atoms with E-state index in [9.17, 15) is 9.18 Å². The van der Waals surface area contributed by atoms with Crippen molar-refractivity contribution in [2.75, 3.05) is 12.3 Å². The number of pyridine rings is 1. The third-order valence-electron chi connectivity index (χ3n) is 2.66. The van der Waals surface area contributed by atoms with Crippen LogP contribution in [0.25, 0.3) is 0 Å². The largest absolute Gasteiger partial charge is 0.397 e. The molecule has 0 atom stereocenters. The molecule has 0 bridgehead atoms. The van der Waals surface area contributed by atoms with E-state index in [-0.39, 0.29) is 11.7 Å². The summed E-state index contributed by atoms with van der Waals surface area (Å²) < 4.78 is 13.4. The second-order valence-electron chi connectivity index (χ2n) is 4.10. The van der Waals surface area contributed by atoms with E-state index in [0.717, 1.165) is 0 Å². The summed E-state index contributed by atoms with van der Waals surface area (Å²) in [6, 6.07) is 8.05. The molecule has 0 spiro atoms. The number of rotatable bonds is 4. The fourth-order valence-electron chi connectivity index (χ4n) is 1.70. The Hall–Kier alpha value is -2.43. The number of anilines is 1. The van der Waals surface area contributed by atoms with Crippen LogP contribution in [0.15, 0.2) is 42.7 Å². The number of carbonyl (C=O) groups is 1. The zero-order valence-electron chi connectivity index (χ0n) is 10.3. The third kappa shape index (κ3) is 3.51. The maximum atomic E-state index is 13.4. The van der Waals surface area contributed by atoms with Gasteiger partial charge in [0.05, 0.1) is 11.3 Å². The highest BCUT2D eigenvalue weighted by Gasteiger charge is 2.06. The molecule has 3 N–H and O–H groups in total. The van der Waals surface area contributed by atoms with Crippen molar-refractivity contribution in [3.8, 4) is 0 Å². The number of nitrogens with one attached hydrogen (secondary N) is 1. The maximum absolute atomic E-state index is 13.4.